The van der Waals surface area contributed by atoms with Gasteiger partial charge in [0.1, 0.15) is 19.0 Å². The minimum absolute atomic E-state index is 0.270. The quantitative estimate of drug-likeness (QED) is 0.310. The highest BCUT2D eigenvalue weighted by Gasteiger charge is 2.53. The Morgan fingerprint density at radius 1 is 0.800 bits per heavy atom. The smallest absolute Gasteiger partial charge is 0.414 e. The summed E-state index contributed by atoms with van der Waals surface area (Å²) in [5, 5.41) is 2.40. The summed E-state index contributed by atoms with van der Waals surface area (Å²) >= 11 is 0. The number of benzene rings is 1. The van der Waals surface area contributed by atoms with Crippen LogP contribution in [0.5, 0.6) is 0 Å². The van der Waals surface area contributed by atoms with Gasteiger partial charge in [-0.25, -0.2) is 4.79 Å². The molecule has 0 unspecified atom stereocenters. The number of rotatable bonds is 8. The van der Waals surface area contributed by atoms with E-state index in [9.17, 15) is 28.8 Å². The maximum absolute atomic E-state index is 12.5. The van der Waals surface area contributed by atoms with Gasteiger partial charge >= 0.3 is 30.0 Å². The molecule has 1 saturated heterocycles. The number of amides is 1. The van der Waals surface area contributed by atoms with E-state index in [1.54, 1.807) is 0 Å². The fourth-order valence-corrected chi connectivity index (χ4v) is 3.18. The number of esters is 4. The summed E-state index contributed by atoms with van der Waals surface area (Å²) in [7, 11) is 0. The van der Waals surface area contributed by atoms with Crippen LogP contribution in [0.15, 0.2) is 24.3 Å². The fraction of sp³-hybridized carbons (Fsp3) is 0.455. The van der Waals surface area contributed by atoms with Gasteiger partial charge in [-0.2, -0.15) is 0 Å². The Labute approximate surface area is 199 Å². The molecular weight excluding hydrogens is 470 g/mol. The average Bonchev–Trinajstić information content (AvgIpc) is 2.76. The van der Waals surface area contributed by atoms with Gasteiger partial charge in [0.15, 0.2) is 12.2 Å². The molecule has 1 amide bonds. The molecule has 1 heterocycles. The minimum atomic E-state index is -1.66. The van der Waals surface area contributed by atoms with E-state index in [-0.39, 0.29) is 5.69 Å². The molecule has 0 aromatic heterocycles. The van der Waals surface area contributed by atoms with Crippen molar-refractivity contribution < 1.29 is 57.2 Å². The molecule has 0 bridgehead atoms. The highest BCUT2D eigenvalue weighted by atomic mass is 16.8. The second-order valence-electron chi connectivity index (χ2n) is 7.34. The first-order chi connectivity index (χ1) is 16.5. The van der Waals surface area contributed by atoms with Crippen molar-refractivity contribution in [2.75, 3.05) is 11.9 Å². The number of nitrogens with one attached hydrogen (secondary N) is 1. The lowest BCUT2D eigenvalue weighted by atomic mass is 9.98. The standard InChI is InChI=1S/C22H25NO12/c1-11(25)30-10-17-18(31-12(2)26)19(32-13(3)27)20(33-14(4)28)21(34-17)35-22(29)23-16-7-5-15(9-24)6-8-16/h5-9,17-21H,10H2,1-4H3,(H,23,29)/t17-,18+,19+,20-,21+/m1/s1. The van der Waals surface area contributed by atoms with Crippen LogP contribution >= 0.6 is 0 Å². The van der Waals surface area contributed by atoms with Crippen molar-refractivity contribution >= 4 is 41.9 Å². The van der Waals surface area contributed by atoms with Crippen molar-refractivity contribution in [2.24, 2.45) is 0 Å². The molecule has 1 aromatic rings. The Kier molecular flexibility index (Phi) is 9.70. The van der Waals surface area contributed by atoms with Crippen molar-refractivity contribution in [1.29, 1.82) is 0 Å². The van der Waals surface area contributed by atoms with Gasteiger partial charge in [-0.1, -0.05) is 0 Å². The van der Waals surface area contributed by atoms with E-state index >= 15 is 0 Å². The molecular formula is C22H25NO12. The Bertz CT molecular complexity index is 960. The Morgan fingerprint density at radius 2 is 1.34 bits per heavy atom. The first-order valence-electron chi connectivity index (χ1n) is 10.3. The third-order valence-electron chi connectivity index (χ3n) is 4.46. The number of hydrogen-bond donors (Lipinski definition) is 1. The number of anilines is 1. The molecule has 0 aliphatic carbocycles. The highest BCUT2D eigenvalue weighted by molar-refractivity contribution is 5.85. The van der Waals surface area contributed by atoms with Crippen molar-refractivity contribution in [3.8, 4) is 0 Å². The third kappa shape index (κ3) is 8.37. The first kappa shape index (κ1) is 27.2. The highest BCUT2D eigenvalue weighted by Crippen LogP contribution is 2.30. The van der Waals surface area contributed by atoms with Gasteiger partial charge in [0.05, 0.1) is 0 Å². The lowest BCUT2D eigenvalue weighted by molar-refractivity contribution is -0.293. The first-order valence-corrected chi connectivity index (χ1v) is 10.3. The van der Waals surface area contributed by atoms with Gasteiger partial charge < -0.3 is 28.4 Å². The van der Waals surface area contributed by atoms with E-state index in [2.05, 4.69) is 5.32 Å². The normalized spacial score (nSPS) is 23.3. The Morgan fingerprint density at radius 3 is 1.86 bits per heavy atom. The van der Waals surface area contributed by atoms with E-state index in [1.165, 1.54) is 24.3 Å². The van der Waals surface area contributed by atoms with Crippen LogP contribution in [0.2, 0.25) is 0 Å². The summed E-state index contributed by atoms with van der Waals surface area (Å²) in [6.45, 7) is 3.87. The zero-order valence-corrected chi connectivity index (χ0v) is 19.4. The van der Waals surface area contributed by atoms with Gasteiger partial charge in [0, 0.05) is 38.9 Å². The monoisotopic (exact) mass is 495 g/mol. The second-order valence-corrected chi connectivity index (χ2v) is 7.34. The van der Waals surface area contributed by atoms with E-state index < -0.39 is 67.3 Å². The molecule has 5 atom stereocenters. The molecule has 1 fully saturated rings. The summed E-state index contributed by atoms with van der Waals surface area (Å²) in [4.78, 5) is 69.9. The number of hydrogen-bond acceptors (Lipinski definition) is 12. The van der Waals surface area contributed by atoms with E-state index in [0.29, 0.717) is 11.8 Å². The summed E-state index contributed by atoms with van der Waals surface area (Å²) in [5.74, 6) is -3.14. The van der Waals surface area contributed by atoms with Gasteiger partial charge in [0.25, 0.3) is 0 Å². The van der Waals surface area contributed by atoms with E-state index in [4.69, 9.17) is 28.4 Å². The van der Waals surface area contributed by atoms with Crippen LogP contribution in [0.3, 0.4) is 0 Å². The van der Waals surface area contributed by atoms with Crippen LogP contribution in [0.4, 0.5) is 10.5 Å². The Balaban J connectivity index is 2.34. The fourth-order valence-electron chi connectivity index (χ4n) is 3.18. The minimum Gasteiger partial charge on any atom is -0.463 e. The zero-order chi connectivity index (χ0) is 26.1. The maximum atomic E-state index is 12.5. The molecule has 1 aliphatic heterocycles. The van der Waals surface area contributed by atoms with Crippen molar-refractivity contribution in [3.63, 3.8) is 0 Å². The summed E-state index contributed by atoms with van der Waals surface area (Å²) in [5.41, 5.74) is 0.648. The van der Waals surface area contributed by atoms with Gasteiger partial charge in [0.2, 0.25) is 12.4 Å². The SMILES string of the molecule is CC(=O)OC[C@H]1O[C@@H](OC(=O)Nc2ccc(C=O)cc2)[C@H](OC(C)=O)[C@@H](OC(C)=O)[C@H]1OC(C)=O. The molecule has 1 aromatic carbocycles. The molecule has 13 nitrogen and oxygen atoms in total. The third-order valence-corrected chi connectivity index (χ3v) is 4.46. The van der Waals surface area contributed by atoms with Crippen LogP contribution in [-0.4, -0.2) is 73.6 Å². The number of carbonyl (C=O) groups excluding carboxylic acids is 6. The van der Waals surface area contributed by atoms with Gasteiger partial charge in [-0.3, -0.25) is 29.3 Å². The molecule has 2 rings (SSSR count). The topological polar surface area (TPSA) is 170 Å². The predicted molar refractivity (Wildman–Crippen MR) is 114 cm³/mol. The van der Waals surface area contributed by atoms with Crippen molar-refractivity contribution in [2.45, 2.75) is 58.4 Å². The molecule has 190 valence electrons. The molecule has 0 radical (unpaired) electrons. The molecule has 1 N–H and O–H groups in total. The second kappa shape index (κ2) is 12.5. The average molecular weight is 495 g/mol. The molecule has 0 saturated carbocycles. The van der Waals surface area contributed by atoms with Crippen LogP contribution in [-0.2, 0) is 47.6 Å². The van der Waals surface area contributed by atoms with E-state index in [1.807, 2.05) is 0 Å². The molecule has 1 aliphatic rings. The summed E-state index contributed by atoms with van der Waals surface area (Å²) < 4.78 is 31.6. The lowest BCUT2D eigenvalue weighted by Gasteiger charge is -2.43. The number of carbonyl (C=O) groups is 6. The molecule has 13 heteroatoms. The largest absolute Gasteiger partial charge is 0.463 e. The maximum Gasteiger partial charge on any atom is 0.414 e. The van der Waals surface area contributed by atoms with Crippen molar-refractivity contribution in [3.05, 3.63) is 29.8 Å². The summed E-state index contributed by atoms with van der Waals surface area (Å²) in [6, 6.07) is 5.80. The Hall–Kier alpha value is -4.00. The van der Waals surface area contributed by atoms with Crippen molar-refractivity contribution in [1.82, 2.24) is 0 Å². The molecule has 35 heavy (non-hydrogen) atoms. The van der Waals surface area contributed by atoms with Crippen LogP contribution in [0, 0.1) is 0 Å². The van der Waals surface area contributed by atoms with E-state index in [0.717, 1.165) is 27.7 Å². The van der Waals surface area contributed by atoms with Gasteiger partial charge in [-0.05, 0) is 24.3 Å². The lowest BCUT2D eigenvalue weighted by Crippen LogP contribution is -2.63. The van der Waals surface area contributed by atoms with Crippen LogP contribution in [0.25, 0.3) is 0 Å². The zero-order valence-electron chi connectivity index (χ0n) is 19.4. The number of aldehydes is 1. The molecule has 0 spiro atoms. The van der Waals surface area contributed by atoms with Crippen LogP contribution < -0.4 is 5.32 Å². The van der Waals surface area contributed by atoms with Crippen LogP contribution in [0.1, 0.15) is 38.1 Å². The number of ether oxygens (including phenoxy) is 6. The predicted octanol–water partition coefficient (Wildman–Crippen LogP) is 1.13. The summed E-state index contributed by atoms with van der Waals surface area (Å²) in [6.07, 6.45) is -7.74. The van der Waals surface area contributed by atoms with Gasteiger partial charge in [-0.15, -0.1) is 0 Å².